The zero-order chi connectivity index (χ0) is 15.7. The van der Waals surface area contributed by atoms with Gasteiger partial charge in [-0.05, 0) is 0 Å². The van der Waals surface area contributed by atoms with Gasteiger partial charge in [0.15, 0.2) is 5.13 Å². The molecule has 1 aromatic rings. The molecular weight excluding hydrogens is 292 g/mol. The molecule has 0 unspecified atom stereocenters. The van der Waals surface area contributed by atoms with E-state index in [4.69, 9.17) is 9.47 Å². The predicted octanol–water partition coefficient (Wildman–Crippen LogP) is 0.460. The summed E-state index contributed by atoms with van der Waals surface area (Å²) in [6, 6.07) is 0. The zero-order valence-corrected chi connectivity index (χ0v) is 13.9. The van der Waals surface area contributed by atoms with Crippen LogP contribution in [-0.2, 0) is 16.1 Å². The van der Waals surface area contributed by atoms with Crippen molar-refractivity contribution in [2.24, 2.45) is 0 Å². The van der Waals surface area contributed by atoms with Crippen LogP contribution in [0.4, 0.5) is 5.13 Å². The summed E-state index contributed by atoms with van der Waals surface area (Å²) in [5.41, 5.74) is 0. The van der Waals surface area contributed by atoms with Crippen molar-refractivity contribution >= 4 is 22.4 Å². The van der Waals surface area contributed by atoms with Crippen LogP contribution in [0.5, 0.6) is 5.88 Å². The Kier molecular flexibility index (Phi) is 8.03. The monoisotopic (exact) mass is 316 g/mol. The average molecular weight is 316 g/mol. The fourth-order valence-electron chi connectivity index (χ4n) is 1.57. The summed E-state index contributed by atoms with van der Waals surface area (Å²) in [5.74, 6) is 0.658. The highest BCUT2D eigenvalue weighted by molar-refractivity contribution is 7.15. The molecule has 0 aliphatic rings. The third kappa shape index (κ3) is 6.28. The van der Waals surface area contributed by atoms with Crippen LogP contribution >= 0.6 is 11.3 Å². The van der Waals surface area contributed by atoms with Gasteiger partial charge in [0, 0.05) is 47.3 Å². The summed E-state index contributed by atoms with van der Waals surface area (Å²) in [6.07, 6.45) is 0.436. The van der Waals surface area contributed by atoms with Crippen molar-refractivity contribution in [3.05, 3.63) is 4.88 Å². The average Bonchev–Trinajstić information content (AvgIpc) is 2.87. The summed E-state index contributed by atoms with van der Waals surface area (Å²) in [7, 11) is 7.11. The van der Waals surface area contributed by atoms with Crippen LogP contribution in [0.15, 0.2) is 0 Å². The minimum absolute atomic E-state index is 0.0183. The molecule has 1 rings (SSSR count). The first kappa shape index (κ1) is 17.7. The third-order valence-electron chi connectivity index (χ3n) is 2.67. The molecule has 1 aromatic heterocycles. The van der Waals surface area contributed by atoms with Gasteiger partial charge >= 0.3 is 0 Å². The highest BCUT2D eigenvalue weighted by Crippen LogP contribution is 2.29. The molecule has 7 nitrogen and oxygen atoms in total. The number of hydrogen-bond donors (Lipinski definition) is 2. The highest BCUT2D eigenvalue weighted by atomic mass is 32.1. The summed E-state index contributed by atoms with van der Waals surface area (Å²) in [4.78, 5) is 18.9. The van der Waals surface area contributed by atoms with Crippen LogP contribution in [0.2, 0.25) is 0 Å². The molecule has 21 heavy (non-hydrogen) atoms. The second kappa shape index (κ2) is 9.54. The summed E-state index contributed by atoms with van der Waals surface area (Å²) in [5, 5.41) is 6.91. The molecule has 1 heterocycles. The van der Waals surface area contributed by atoms with E-state index in [0.29, 0.717) is 38.5 Å². The standard InChI is InChI=1S/C13H24N4O3S/c1-17(2)13-16-12(20-4)10(21-13)9-14-6-5-11(18)15-7-8-19-3/h14H,5-9H2,1-4H3,(H,15,18). The first-order valence-corrected chi connectivity index (χ1v) is 7.57. The van der Waals surface area contributed by atoms with Gasteiger partial charge in [-0.15, -0.1) is 0 Å². The van der Waals surface area contributed by atoms with Crippen LogP contribution in [0, 0.1) is 0 Å². The molecule has 0 aliphatic heterocycles. The van der Waals surface area contributed by atoms with Crippen molar-refractivity contribution in [3.63, 3.8) is 0 Å². The van der Waals surface area contributed by atoms with E-state index < -0.39 is 0 Å². The fourth-order valence-corrected chi connectivity index (χ4v) is 2.50. The molecule has 0 radical (unpaired) electrons. The Labute approximate surface area is 129 Å². The Morgan fingerprint density at radius 1 is 1.33 bits per heavy atom. The van der Waals surface area contributed by atoms with E-state index in [1.54, 1.807) is 25.6 Å². The Morgan fingerprint density at radius 2 is 2.10 bits per heavy atom. The number of carbonyl (C=O) groups is 1. The van der Waals surface area contributed by atoms with Gasteiger partial charge in [-0.3, -0.25) is 4.79 Å². The van der Waals surface area contributed by atoms with E-state index in [2.05, 4.69) is 15.6 Å². The molecule has 0 saturated heterocycles. The highest BCUT2D eigenvalue weighted by Gasteiger charge is 2.12. The zero-order valence-electron chi connectivity index (χ0n) is 13.1. The fraction of sp³-hybridized carbons (Fsp3) is 0.692. The Morgan fingerprint density at radius 3 is 2.71 bits per heavy atom. The number of amides is 1. The molecular formula is C13H24N4O3S. The summed E-state index contributed by atoms with van der Waals surface area (Å²) in [6.45, 7) is 2.33. The molecule has 8 heteroatoms. The van der Waals surface area contributed by atoms with Gasteiger partial charge in [-0.1, -0.05) is 11.3 Å². The van der Waals surface area contributed by atoms with Crippen molar-refractivity contribution in [1.29, 1.82) is 0 Å². The lowest BCUT2D eigenvalue weighted by Gasteiger charge is -2.06. The van der Waals surface area contributed by atoms with Crippen molar-refractivity contribution in [1.82, 2.24) is 15.6 Å². The van der Waals surface area contributed by atoms with Crippen LogP contribution in [0.25, 0.3) is 0 Å². The van der Waals surface area contributed by atoms with Crippen LogP contribution in [-0.4, -0.2) is 58.9 Å². The van der Waals surface area contributed by atoms with Crippen molar-refractivity contribution < 1.29 is 14.3 Å². The molecule has 0 bridgehead atoms. The van der Waals surface area contributed by atoms with Gasteiger partial charge < -0.3 is 25.0 Å². The first-order valence-electron chi connectivity index (χ1n) is 6.75. The minimum Gasteiger partial charge on any atom is -0.480 e. The van der Waals surface area contributed by atoms with Crippen LogP contribution < -0.4 is 20.3 Å². The number of nitrogens with zero attached hydrogens (tertiary/aromatic N) is 2. The minimum atomic E-state index is 0.0183. The normalized spacial score (nSPS) is 10.5. The predicted molar refractivity (Wildman–Crippen MR) is 84.2 cm³/mol. The molecule has 0 atom stereocenters. The van der Waals surface area contributed by atoms with E-state index >= 15 is 0 Å². The van der Waals surface area contributed by atoms with Gasteiger partial charge in [0.2, 0.25) is 11.8 Å². The summed E-state index contributed by atoms with van der Waals surface area (Å²) < 4.78 is 10.1. The lowest BCUT2D eigenvalue weighted by atomic mass is 10.4. The first-order chi connectivity index (χ1) is 10.1. The van der Waals surface area contributed by atoms with E-state index in [9.17, 15) is 4.79 Å². The molecule has 0 spiro atoms. The number of ether oxygens (including phenoxy) is 2. The number of rotatable bonds is 10. The smallest absolute Gasteiger partial charge is 0.230 e. The molecule has 0 fully saturated rings. The molecule has 1 amide bonds. The largest absolute Gasteiger partial charge is 0.480 e. The van der Waals surface area contributed by atoms with Crippen molar-refractivity contribution in [3.8, 4) is 5.88 Å². The number of aromatic nitrogens is 1. The SMILES string of the molecule is COCCNC(=O)CCNCc1sc(N(C)C)nc1OC. The van der Waals surface area contributed by atoms with Crippen LogP contribution in [0.3, 0.4) is 0 Å². The second-order valence-electron chi connectivity index (χ2n) is 4.59. The van der Waals surface area contributed by atoms with Gasteiger partial charge in [0.05, 0.1) is 18.6 Å². The van der Waals surface area contributed by atoms with Gasteiger partial charge in [-0.25, -0.2) is 0 Å². The topological polar surface area (TPSA) is 75.7 Å². The molecule has 2 N–H and O–H groups in total. The van der Waals surface area contributed by atoms with E-state index in [1.165, 1.54) is 0 Å². The third-order valence-corrected chi connectivity index (χ3v) is 3.87. The Hall–Kier alpha value is -1.38. The van der Waals surface area contributed by atoms with Gasteiger partial charge in [0.1, 0.15) is 0 Å². The summed E-state index contributed by atoms with van der Waals surface area (Å²) >= 11 is 1.58. The van der Waals surface area contributed by atoms with E-state index in [1.807, 2.05) is 19.0 Å². The molecule has 120 valence electrons. The number of methoxy groups -OCH3 is 2. The second-order valence-corrected chi connectivity index (χ2v) is 5.65. The quantitative estimate of drug-likeness (QED) is 0.611. The maximum atomic E-state index is 11.5. The maximum absolute atomic E-state index is 11.5. The number of anilines is 1. The lowest BCUT2D eigenvalue weighted by Crippen LogP contribution is -2.29. The molecule has 0 aliphatic carbocycles. The van der Waals surface area contributed by atoms with Gasteiger partial charge in [0.25, 0.3) is 0 Å². The number of carbonyl (C=O) groups excluding carboxylic acids is 1. The lowest BCUT2D eigenvalue weighted by molar-refractivity contribution is -0.121. The number of hydrogen-bond acceptors (Lipinski definition) is 7. The van der Waals surface area contributed by atoms with E-state index in [0.717, 1.165) is 10.0 Å². The Balaban J connectivity index is 2.30. The van der Waals surface area contributed by atoms with Crippen molar-refractivity contribution in [2.45, 2.75) is 13.0 Å². The van der Waals surface area contributed by atoms with E-state index in [-0.39, 0.29) is 5.91 Å². The number of nitrogens with one attached hydrogen (secondary N) is 2. The molecule has 0 saturated carbocycles. The van der Waals surface area contributed by atoms with Crippen LogP contribution in [0.1, 0.15) is 11.3 Å². The van der Waals surface area contributed by atoms with Gasteiger partial charge in [-0.2, -0.15) is 4.98 Å². The number of thiazole rings is 1. The molecule has 0 aromatic carbocycles. The van der Waals surface area contributed by atoms with Crippen molar-refractivity contribution in [2.75, 3.05) is 52.9 Å². The maximum Gasteiger partial charge on any atom is 0.230 e. The Bertz CT molecular complexity index is 437.